The minimum atomic E-state index is 0.118. The van der Waals surface area contributed by atoms with Crippen molar-refractivity contribution in [2.24, 2.45) is 5.84 Å². The molecule has 1 aromatic carbocycles. The number of halogens is 2. The Kier molecular flexibility index (Phi) is 5.80. The molecule has 106 valence electrons. The van der Waals surface area contributed by atoms with E-state index in [1.54, 1.807) is 6.20 Å². The number of aromatic nitrogens is 1. The van der Waals surface area contributed by atoms with E-state index in [1.807, 2.05) is 30.5 Å². The molecular formula is C15H17Cl2N3. The summed E-state index contributed by atoms with van der Waals surface area (Å²) in [4.78, 5) is 4.11. The van der Waals surface area contributed by atoms with Gasteiger partial charge in [0.15, 0.2) is 0 Å². The van der Waals surface area contributed by atoms with Crippen LogP contribution >= 0.6 is 23.2 Å². The molecule has 2 aromatic rings. The van der Waals surface area contributed by atoms with E-state index in [1.165, 1.54) is 5.56 Å². The van der Waals surface area contributed by atoms with Crippen LogP contribution in [0.3, 0.4) is 0 Å². The second-order valence-electron chi connectivity index (χ2n) is 4.67. The van der Waals surface area contributed by atoms with Crippen molar-refractivity contribution in [3.05, 3.63) is 63.9 Å². The third-order valence-corrected chi connectivity index (χ3v) is 3.96. The number of pyridine rings is 1. The van der Waals surface area contributed by atoms with Crippen molar-refractivity contribution < 1.29 is 0 Å². The van der Waals surface area contributed by atoms with Crippen LogP contribution in [0.4, 0.5) is 0 Å². The quantitative estimate of drug-likeness (QED) is 0.635. The molecule has 1 atom stereocenters. The largest absolute Gasteiger partial charge is 0.271 e. The van der Waals surface area contributed by atoms with Gasteiger partial charge in [-0.15, -0.1) is 0 Å². The van der Waals surface area contributed by atoms with E-state index in [0.29, 0.717) is 16.5 Å². The molecule has 2 rings (SSSR count). The summed E-state index contributed by atoms with van der Waals surface area (Å²) in [5.74, 6) is 5.63. The number of nitrogens with two attached hydrogens (primary N) is 1. The Hall–Kier alpha value is -1.13. The van der Waals surface area contributed by atoms with Gasteiger partial charge in [0.1, 0.15) is 0 Å². The van der Waals surface area contributed by atoms with Gasteiger partial charge < -0.3 is 0 Å². The maximum atomic E-state index is 6.18. The fourth-order valence-corrected chi connectivity index (χ4v) is 2.66. The SMILES string of the molecule is NNC(CCc1cccnc1)Cc1c(Cl)cccc1Cl. The van der Waals surface area contributed by atoms with Crippen molar-refractivity contribution in [1.82, 2.24) is 10.4 Å². The molecular weight excluding hydrogens is 293 g/mol. The summed E-state index contributed by atoms with van der Waals surface area (Å²) >= 11 is 12.4. The fraction of sp³-hybridized carbons (Fsp3) is 0.267. The van der Waals surface area contributed by atoms with Crippen molar-refractivity contribution in [2.45, 2.75) is 25.3 Å². The lowest BCUT2D eigenvalue weighted by molar-refractivity contribution is 0.491. The monoisotopic (exact) mass is 309 g/mol. The lowest BCUT2D eigenvalue weighted by Crippen LogP contribution is -2.37. The summed E-state index contributed by atoms with van der Waals surface area (Å²) in [6.07, 6.45) is 6.14. The number of hydrazine groups is 1. The number of hydrogen-bond donors (Lipinski definition) is 2. The molecule has 3 N–H and O–H groups in total. The molecule has 1 heterocycles. The molecule has 5 heteroatoms. The molecule has 0 fully saturated rings. The Bertz CT molecular complexity index is 526. The number of nitrogens with one attached hydrogen (secondary N) is 1. The van der Waals surface area contributed by atoms with Crippen LogP contribution in [0.5, 0.6) is 0 Å². The minimum absolute atomic E-state index is 0.118. The third kappa shape index (κ3) is 4.18. The van der Waals surface area contributed by atoms with E-state index in [0.717, 1.165) is 18.4 Å². The van der Waals surface area contributed by atoms with Crippen molar-refractivity contribution >= 4 is 23.2 Å². The second kappa shape index (κ2) is 7.60. The second-order valence-corrected chi connectivity index (χ2v) is 5.48. The Morgan fingerprint density at radius 3 is 2.50 bits per heavy atom. The smallest absolute Gasteiger partial charge is 0.0453 e. The molecule has 0 amide bonds. The summed E-state index contributed by atoms with van der Waals surface area (Å²) in [5, 5.41) is 1.36. The molecule has 0 radical (unpaired) electrons. The number of rotatable bonds is 6. The highest BCUT2D eigenvalue weighted by Crippen LogP contribution is 2.26. The first-order chi connectivity index (χ1) is 9.70. The number of benzene rings is 1. The van der Waals surface area contributed by atoms with Crippen LogP contribution in [-0.4, -0.2) is 11.0 Å². The van der Waals surface area contributed by atoms with Crippen molar-refractivity contribution in [3.63, 3.8) is 0 Å². The first-order valence-corrected chi connectivity index (χ1v) is 7.24. The fourth-order valence-electron chi connectivity index (χ4n) is 2.10. The summed E-state index contributed by atoms with van der Waals surface area (Å²) in [5.41, 5.74) is 4.97. The molecule has 1 unspecified atom stereocenters. The Morgan fingerprint density at radius 2 is 1.90 bits per heavy atom. The van der Waals surface area contributed by atoms with Gasteiger partial charge in [-0.3, -0.25) is 16.3 Å². The summed E-state index contributed by atoms with van der Waals surface area (Å²) in [7, 11) is 0. The van der Waals surface area contributed by atoms with Gasteiger partial charge in [-0.1, -0.05) is 35.3 Å². The van der Waals surface area contributed by atoms with Gasteiger partial charge >= 0.3 is 0 Å². The molecule has 0 spiro atoms. The van der Waals surface area contributed by atoms with Crippen LogP contribution in [0.1, 0.15) is 17.5 Å². The molecule has 0 aliphatic carbocycles. The lowest BCUT2D eigenvalue weighted by atomic mass is 10.00. The van der Waals surface area contributed by atoms with E-state index in [4.69, 9.17) is 29.0 Å². The van der Waals surface area contributed by atoms with Gasteiger partial charge in [-0.25, -0.2) is 0 Å². The molecule has 0 bridgehead atoms. The predicted molar refractivity (Wildman–Crippen MR) is 83.8 cm³/mol. The highest BCUT2D eigenvalue weighted by Gasteiger charge is 2.13. The molecule has 0 saturated carbocycles. The maximum Gasteiger partial charge on any atom is 0.0453 e. The summed E-state index contributed by atoms with van der Waals surface area (Å²) < 4.78 is 0. The standard InChI is InChI=1S/C15H17Cl2N3/c16-14-4-1-5-15(17)13(14)9-12(20-18)7-6-11-3-2-8-19-10-11/h1-5,8,10,12,20H,6-7,9,18H2. The molecule has 3 nitrogen and oxygen atoms in total. The van der Waals surface area contributed by atoms with Crippen LogP contribution in [0.25, 0.3) is 0 Å². The van der Waals surface area contributed by atoms with Crippen molar-refractivity contribution in [1.29, 1.82) is 0 Å². The normalized spacial score (nSPS) is 12.3. The van der Waals surface area contributed by atoms with E-state index in [9.17, 15) is 0 Å². The van der Waals surface area contributed by atoms with Crippen molar-refractivity contribution in [2.75, 3.05) is 0 Å². The minimum Gasteiger partial charge on any atom is -0.271 e. The summed E-state index contributed by atoms with van der Waals surface area (Å²) in [6, 6.07) is 9.64. The first kappa shape index (κ1) is 15.3. The maximum absolute atomic E-state index is 6.18. The number of aryl methyl sites for hydroxylation is 1. The molecule has 0 aliphatic heterocycles. The van der Waals surface area contributed by atoms with Gasteiger partial charge in [-0.05, 0) is 48.6 Å². The van der Waals surface area contributed by atoms with Gasteiger partial charge in [0.05, 0.1) is 0 Å². The van der Waals surface area contributed by atoms with Gasteiger partial charge in [0.2, 0.25) is 0 Å². The Labute approximate surface area is 129 Å². The average molecular weight is 310 g/mol. The van der Waals surface area contributed by atoms with Gasteiger partial charge in [0, 0.05) is 28.5 Å². The van der Waals surface area contributed by atoms with Crippen LogP contribution in [-0.2, 0) is 12.8 Å². The molecule has 0 saturated heterocycles. The average Bonchev–Trinajstić information content (AvgIpc) is 2.47. The molecule has 0 aliphatic rings. The third-order valence-electron chi connectivity index (χ3n) is 3.25. The van der Waals surface area contributed by atoms with Gasteiger partial charge in [0.25, 0.3) is 0 Å². The van der Waals surface area contributed by atoms with E-state index >= 15 is 0 Å². The predicted octanol–water partition coefficient (Wildman–Crippen LogP) is 3.40. The topological polar surface area (TPSA) is 50.9 Å². The van der Waals surface area contributed by atoms with E-state index in [-0.39, 0.29) is 6.04 Å². The summed E-state index contributed by atoms with van der Waals surface area (Å²) in [6.45, 7) is 0. The first-order valence-electron chi connectivity index (χ1n) is 6.48. The zero-order valence-corrected chi connectivity index (χ0v) is 12.5. The zero-order valence-electron chi connectivity index (χ0n) is 11.0. The van der Waals surface area contributed by atoms with E-state index in [2.05, 4.69) is 16.5 Å². The number of nitrogens with zero attached hydrogens (tertiary/aromatic N) is 1. The number of hydrogen-bond acceptors (Lipinski definition) is 3. The molecule has 20 heavy (non-hydrogen) atoms. The van der Waals surface area contributed by atoms with Crippen LogP contribution in [0, 0.1) is 0 Å². The molecule has 1 aromatic heterocycles. The Balaban J connectivity index is 1.99. The van der Waals surface area contributed by atoms with Crippen LogP contribution < -0.4 is 11.3 Å². The lowest BCUT2D eigenvalue weighted by Gasteiger charge is -2.17. The zero-order chi connectivity index (χ0) is 14.4. The van der Waals surface area contributed by atoms with Crippen LogP contribution in [0.2, 0.25) is 10.0 Å². The highest BCUT2D eigenvalue weighted by atomic mass is 35.5. The van der Waals surface area contributed by atoms with Crippen molar-refractivity contribution in [3.8, 4) is 0 Å². The highest BCUT2D eigenvalue weighted by molar-refractivity contribution is 6.36. The van der Waals surface area contributed by atoms with Crippen LogP contribution in [0.15, 0.2) is 42.7 Å². The van der Waals surface area contributed by atoms with E-state index < -0.39 is 0 Å². The Morgan fingerprint density at radius 1 is 1.15 bits per heavy atom. The van der Waals surface area contributed by atoms with Gasteiger partial charge in [-0.2, -0.15) is 0 Å².